The summed E-state index contributed by atoms with van der Waals surface area (Å²) < 4.78 is 31.3. The molecular weight excluding hydrogens is 416 g/mol. The maximum Gasteiger partial charge on any atom is 0.150 e. The largest absolute Gasteiger partial charge is 0.365 e. The Kier molecular flexibility index (Phi) is 5.69. The molecule has 10 atom stereocenters. The fraction of sp³-hybridized carbons (Fsp3) is 1.00. The standard InChI is InChI=1S/C28H48O3S/c1-18(2)8-7-9-19(3)22-10-11-23-21-16-25-28(31-25)17-20(32(6,29)30)12-15-27(28,5)24(21)13-14-26(22,23)4/h18-25H,7-17H2,1-6H3/t19?,20?,21-,22+,23-,24-,25?,26+,27+,28?/m0/s1. The van der Waals surface area contributed by atoms with Gasteiger partial charge in [0.1, 0.15) is 15.4 Å². The fourth-order valence-corrected chi connectivity index (χ4v) is 11.1. The molecule has 0 bridgehead atoms. The Morgan fingerprint density at radius 2 is 1.72 bits per heavy atom. The third-order valence-corrected chi connectivity index (χ3v) is 13.5. The number of epoxide rings is 1. The fourth-order valence-electron chi connectivity index (χ4n) is 10.0. The van der Waals surface area contributed by atoms with Crippen LogP contribution in [0.2, 0.25) is 0 Å². The van der Waals surface area contributed by atoms with E-state index in [0.29, 0.717) is 11.5 Å². The molecule has 0 N–H and O–H groups in total. The third-order valence-electron chi connectivity index (χ3n) is 11.8. The van der Waals surface area contributed by atoms with Gasteiger partial charge in [-0.15, -0.1) is 0 Å². The number of hydrogen-bond acceptors (Lipinski definition) is 3. The molecule has 32 heavy (non-hydrogen) atoms. The van der Waals surface area contributed by atoms with Crippen molar-refractivity contribution in [1.29, 1.82) is 0 Å². The van der Waals surface area contributed by atoms with Gasteiger partial charge in [0.05, 0.1) is 11.4 Å². The summed E-state index contributed by atoms with van der Waals surface area (Å²) in [5, 5.41) is -0.187. The molecule has 0 aromatic heterocycles. The minimum absolute atomic E-state index is 0.129. The first-order chi connectivity index (χ1) is 14.9. The molecule has 3 nitrogen and oxygen atoms in total. The molecule has 0 radical (unpaired) electrons. The quantitative estimate of drug-likeness (QED) is 0.413. The molecule has 4 heteroatoms. The summed E-state index contributed by atoms with van der Waals surface area (Å²) in [4.78, 5) is 0. The highest BCUT2D eigenvalue weighted by molar-refractivity contribution is 7.91. The van der Waals surface area contributed by atoms with Crippen molar-refractivity contribution in [3.8, 4) is 0 Å². The third kappa shape index (κ3) is 3.39. The van der Waals surface area contributed by atoms with E-state index in [1.54, 1.807) is 0 Å². The van der Waals surface area contributed by atoms with Gasteiger partial charge >= 0.3 is 0 Å². The number of ether oxygens (including phenoxy) is 1. The van der Waals surface area contributed by atoms with Gasteiger partial charge in [-0.1, -0.05) is 53.9 Å². The lowest BCUT2D eigenvalue weighted by atomic mass is 9.44. The van der Waals surface area contributed by atoms with Crippen molar-refractivity contribution in [3.63, 3.8) is 0 Å². The van der Waals surface area contributed by atoms with Gasteiger partial charge < -0.3 is 4.74 Å². The van der Waals surface area contributed by atoms with Crippen LogP contribution >= 0.6 is 0 Å². The van der Waals surface area contributed by atoms with E-state index in [2.05, 4.69) is 34.6 Å². The number of hydrogen-bond donors (Lipinski definition) is 0. The lowest BCUT2D eigenvalue weighted by Gasteiger charge is -2.59. The Morgan fingerprint density at radius 3 is 2.41 bits per heavy atom. The number of fused-ring (bicyclic) bond motifs is 4. The van der Waals surface area contributed by atoms with Crippen molar-refractivity contribution in [2.24, 2.45) is 46.3 Å². The molecule has 1 spiro atoms. The van der Waals surface area contributed by atoms with E-state index in [1.165, 1.54) is 57.6 Å². The molecule has 4 saturated carbocycles. The Labute approximate surface area is 197 Å². The molecule has 0 amide bonds. The summed E-state index contributed by atoms with van der Waals surface area (Å²) in [7, 11) is -2.98. The first kappa shape index (κ1) is 23.6. The van der Waals surface area contributed by atoms with E-state index in [9.17, 15) is 8.42 Å². The second-order valence-corrected chi connectivity index (χ2v) is 16.1. The monoisotopic (exact) mass is 464 g/mol. The van der Waals surface area contributed by atoms with Gasteiger partial charge in [-0.2, -0.15) is 0 Å². The molecule has 0 aromatic rings. The van der Waals surface area contributed by atoms with Gasteiger partial charge in [-0.25, -0.2) is 8.42 Å². The normalized spacial score (nSPS) is 50.8. The van der Waals surface area contributed by atoms with Crippen LogP contribution in [0.5, 0.6) is 0 Å². The lowest BCUT2D eigenvalue weighted by Crippen LogP contribution is -2.59. The molecule has 1 aliphatic heterocycles. The maximum atomic E-state index is 12.4. The van der Waals surface area contributed by atoms with E-state index in [4.69, 9.17) is 4.74 Å². The molecule has 5 rings (SSSR count). The summed E-state index contributed by atoms with van der Waals surface area (Å²) in [5.74, 6) is 4.94. The Balaban J connectivity index is 1.33. The average molecular weight is 465 g/mol. The van der Waals surface area contributed by atoms with Crippen molar-refractivity contribution in [3.05, 3.63) is 0 Å². The van der Waals surface area contributed by atoms with Gasteiger partial charge in [0.2, 0.25) is 0 Å². The average Bonchev–Trinajstić information content (AvgIpc) is 3.27. The van der Waals surface area contributed by atoms with Crippen molar-refractivity contribution >= 4 is 9.84 Å². The molecule has 1 saturated heterocycles. The van der Waals surface area contributed by atoms with Crippen molar-refractivity contribution in [2.45, 2.75) is 122 Å². The molecular formula is C28H48O3S. The topological polar surface area (TPSA) is 46.7 Å². The molecule has 4 unspecified atom stereocenters. The summed E-state index contributed by atoms with van der Waals surface area (Å²) in [6, 6.07) is 0. The first-order valence-corrected chi connectivity index (χ1v) is 15.7. The maximum absolute atomic E-state index is 12.4. The van der Waals surface area contributed by atoms with E-state index in [0.717, 1.165) is 54.8 Å². The van der Waals surface area contributed by atoms with Crippen molar-refractivity contribution in [2.75, 3.05) is 6.26 Å². The van der Waals surface area contributed by atoms with E-state index in [1.807, 2.05) is 0 Å². The molecule has 0 aromatic carbocycles. The van der Waals surface area contributed by atoms with Gasteiger partial charge in [0.15, 0.2) is 0 Å². The number of sulfone groups is 1. The van der Waals surface area contributed by atoms with Gasteiger partial charge in [-0.3, -0.25) is 0 Å². The first-order valence-electron chi connectivity index (χ1n) is 13.8. The summed E-state index contributed by atoms with van der Waals surface area (Å²) in [5.41, 5.74) is 0.563. The van der Waals surface area contributed by atoms with Crippen LogP contribution in [0.1, 0.15) is 105 Å². The Morgan fingerprint density at radius 1 is 0.969 bits per heavy atom. The molecule has 184 valence electrons. The minimum atomic E-state index is -2.98. The zero-order chi connectivity index (χ0) is 23.1. The van der Waals surface area contributed by atoms with Crippen LogP contribution in [0, 0.1) is 46.3 Å². The lowest BCUT2D eigenvalue weighted by molar-refractivity contribution is -0.0996. The van der Waals surface area contributed by atoms with E-state index < -0.39 is 9.84 Å². The van der Waals surface area contributed by atoms with Gasteiger partial charge in [0, 0.05) is 11.7 Å². The minimum Gasteiger partial charge on any atom is -0.365 e. The predicted octanol–water partition coefficient (Wildman–Crippen LogP) is 6.65. The van der Waals surface area contributed by atoms with Gasteiger partial charge in [-0.05, 0) is 92.3 Å². The smallest absolute Gasteiger partial charge is 0.150 e. The molecule has 5 fully saturated rings. The van der Waals surface area contributed by atoms with Crippen LogP contribution in [0.25, 0.3) is 0 Å². The van der Waals surface area contributed by atoms with E-state index in [-0.39, 0.29) is 16.3 Å². The van der Waals surface area contributed by atoms with E-state index >= 15 is 0 Å². The van der Waals surface area contributed by atoms with Crippen LogP contribution in [-0.2, 0) is 14.6 Å². The van der Waals surface area contributed by atoms with Crippen LogP contribution in [0.3, 0.4) is 0 Å². The summed E-state index contributed by atoms with van der Waals surface area (Å²) in [6.45, 7) is 12.4. The SMILES string of the molecule is CC(C)CCCC(C)[C@H]1CC[C@H]2[C@@H]3CC4OC45CC(S(C)(=O)=O)CC[C@]5(C)[C@H]3CC[C@]12C. The highest BCUT2D eigenvalue weighted by Gasteiger charge is 2.76. The zero-order valence-corrected chi connectivity index (χ0v) is 22.3. The zero-order valence-electron chi connectivity index (χ0n) is 21.5. The number of rotatable bonds is 6. The molecule has 5 aliphatic rings. The predicted molar refractivity (Wildman–Crippen MR) is 131 cm³/mol. The van der Waals surface area contributed by atoms with Crippen LogP contribution in [0.15, 0.2) is 0 Å². The van der Waals surface area contributed by atoms with Crippen molar-refractivity contribution < 1.29 is 13.2 Å². The van der Waals surface area contributed by atoms with Crippen LogP contribution < -0.4 is 0 Å². The highest BCUT2D eigenvalue weighted by Crippen LogP contribution is 2.74. The summed E-state index contributed by atoms with van der Waals surface area (Å²) >= 11 is 0. The summed E-state index contributed by atoms with van der Waals surface area (Å²) in [6.07, 6.45) is 15.3. The van der Waals surface area contributed by atoms with Crippen LogP contribution in [0.4, 0.5) is 0 Å². The Bertz CT molecular complexity index is 836. The second-order valence-electron chi connectivity index (χ2n) is 13.8. The highest BCUT2D eigenvalue weighted by atomic mass is 32.2. The van der Waals surface area contributed by atoms with Gasteiger partial charge in [0.25, 0.3) is 0 Å². The Hall–Kier alpha value is -0.0900. The molecule has 4 aliphatic carbocycles. The van der Waals surface area contributed by atoms with Crippen molar-refractivity contribution in [1.82, 2.24) is 0 Å². The second kappa shape index (κ2) is 7.70. The van der Waals surface area contributed by atoms with Crippen LogP contribution in [-0.4, -0.2) is 31.6 Å². The molecule has 1 heterocycles.